The van der Waals surface area contributed by atoms with Crippen LogP contribution in [-0.2, 0) is 0 Å². The summed E-state index contributed by atoms with van der Waals surface area (Å²) in [5.74, 6) is -2.47. The molecule has 78 valence electrons. The van der Waals surface area contributed by atoms with E-state index in [0.717, 1.165) is 6.20 Å². The summed E-state index contributed by atoms with van der Waals surface area (Å²) in [7, 11) is 0. The Bertz CT molecular complexity index is 350. The second-order valence-corrected chi connectivity index (χ2v) is 2.52. The van der Waals surface area contributed by atoms with Gasteiger partial charge >= 0.3 is 6.36 Å². The molecule has 1 aromatic rings. The zero-order chi connectivity index (χ0) is 10.9. The number of nitrogens with two attached hydrogens (primary N) is 1. The minimum Gasteiger partial charge on any atom is -0.396 e. The number of hydrogen-bond acceptors (Lipinski definition) is 3. The predicted molar refractivity (Wildman–Crippen MR) is 40.0 cm³/mol. The van der Waals surface area contributed by atoms with Crippen molar-refractivity contribution in [2.75, 3.05) is 5.73 Å². The molecule has 0 aliphatic rings. The van der Waals surface area contributed by atoms with E-state index < -0.39 is 23.7 Å². The molecule has 0 amide bonds. The lowest BCUT2D eigenvalue weighted by Gasteiger charge is -2.10. The van der Waals surface area contributed by atoms with E-state index in [9.17, 15) is 17.6 Å². The third kappa shape index (κ3) is 2.24. The van der Waals surface area contributed by atoms with Crippen LogP contribution in [0.2, 0.25) is 0 Å². The number of aromatic nitrogens is 1. The lowest BCUT2D eigenvalue weighted by molar-refractivity contribution is -0.277. The first-order chi connectivity index (χ1) is 6.31. The highest BCUT2D eigenvalue weighted by Gasteiger charge is 2.33. The van der Waals surface area contributed by atoms with Crippen LogP contribution >= 0.6 is 0 Å². The van der Waals surface area contributed by atoms with Crippen molar-refractivity contribution >= 4 is 5.69 Å². The van der Waals surface area contributed by atoms with Gasteiger partial charge in [-0.05, 0) is 12.5 Å². The van der Waals surface area contributed by atoms with Crippen molar-refractivity contribution in [1.29, 1.82) is 0 Å². The van der Waals surface area contributed by atoms with Crippen LogP contribution < -0.4 is 10.5 Å². The first-order valence-corrected chi connectivity index (χ1v) is 3.47. The van der Waals surface area contributed by atoms with Crippen molar-refractivity contribution in [3.63, 3.8) is 0 Å². The number of pyridine rings is 1. The molecule has 14 heavy (non-hydrogen) atoms. The van der Waals surface area contributed by atoms with Crippen molar-refractivity contribution in [2.45, 2.75) is 13.3 Å². The molecule has 7 heteroatoms. The maximum absolute atomic E-state index is 13.0. The van der Waals surface area contributed by atoms with Crippen LogP contribution in [0.4, 0.5) is 23.2 Å². The first-order valence-electron chi connectivity index (χ1n) is 3.47. The average molecular weight is 210 g/mol. The summed E-state index contributed by atoms with van der Waals surface area (Å²) < 4.78 is 51.3. The van der Waals surface area contributed by atoms with Gasteiger partial charge < -0.3 is 10.5 Å². The molecule has 0 fully saturated rings. The fourth-order valence-electron chi connectivity index (χ4n) is 0.751. The van der Waals surface area contributed by atoms with Crippen LogP contribution in [-0.4, -0.2) is 11.3 Å². The van der Waals surface area contributed by atoms with Gasteiger partial charge in [-0.2, -0.15) is 4.39 Å². The summed E-state index contributed by atoms with van der Waals surface area (Å²) >= 11 is 0. The summed E-state index contributed by atoms with van der Waals surface area (Å²) in [6, 6.07) is 0. The fourth-order valence-corrected chi connectivity index (χ4v) is 0.751. The summed E-state index contributed by atoms with van der Waals surface area (Å²) in [6.45, 7) is 1.42. The van der Waals surface area contributed by atoms with E-state index in [2.05, 4.69) is 9.72 Å². The molecule has 0 saturated heterocycles. The van der Waals surface area contributed by atoms with Crippen LogP contribution in [0.5, 0.6) is 5.88 Å². The molecule has 0 unspecified atom stereocenters. The van der Waals surface area contributed by atoms with Crippen molar-refractivity contribution in [1.82, 2.24) is 4.98 Å². The smallest absolute Gasteiger partial charge is 0.396 e. The first kappa shape index (κ1) is 10.6. The largest absolute Gasteiger partial charge is 0.574 e. The molecule has 0 aliphatic carbocycles. The van der Waals surface area contributed by atoms with Gasteiger partial charge in [-0.3, -0.25) is 0 Å². The maximum atomic E-state index is 13.0. The van der Waals surface area contributed by atoms with Crippen LogP contribution in [0.15, 0.2) is 6.20 Å². The van der Waals surface area contributed by atoms with Gasteiger partial charge in [-0.15, -0.1) is 13.2 Å². The SMILES string of the molecule is Cc1cnc(OC(F)(F)F)c(F)c1N. The molecule has 0 radical (unpaired) electrons. The van der Waals surface area contributed by atoms with Gasteiger partial charge in [0, 0.05) is 6.20 Å². The highest BCUT2D eigenvalue weighted by Crippen LogP contribution is 2.27. The molecule has 1 aromatic heterocycles. The molecule has 0 aliphatic heterocycles. The second-order valence-electron chi connectivity index (χ2n) is 2.52. The maximum Gasteiger partial charge on any atom is 0.574 e. The van der Waals surface area contributed by atoms with E-state index >= 15 is 0 Å². The Morgan fingerprint density at radius 3 is 2.50 bits per heavy atom. The highest BCUT2D eigenvalue weighted by atomic mass is 19.4. The monoisotopic (exact) mass is 210 g/mol. The molecule has 0 bridgehead atoms. The lowest BCUT2D eigenvalue weighted by Crippen LogP contribution is -2.19. The minimum absolute atomic E-state index is 0.247. The number of hydrogen-bond donors (Lipinski definition) is 1. The van der Waals surface area contributed by atoms with Crippen molar-refractivity contribution in [3.05, 3.63) is 17.6 Å². The molecule has 2 N–H and O–H groups in total. The Morgan fingerprint density at radius 2 is 2.00 bits per heavy atom. The number of aryl methyl sites for hydroxylation is 1. The van der Waals surface area contributed by atoms with Gasteiger partial charge in [-0.25, -0.2) is 4.98 Å². The van der Waals surface area contributed by atoms with Crippen LogP contribution in [0.3, 0.4) is 0 Å². The van der Waals surface area contributed by atoms with Crippen LogP contribution in [0.1, 0.15) is 5.56 Å². The number of ether oxygens (including phenoxy) is 1. The molecular formula is C7H6F4N2O. The lowest BCUT2D eigenvalue weighted by atomic mass is 10.2. The summed E-state index contributed by atoms with van der Waals surface area (Å²) in [6.07, 6.45) is -3.98. The highest BCUT2D eigenvalue weighted by molar-refractivity contribution is 5.49. The number of alkyl halides is 3. The van der Waals surface area contributed by atoms with Crippen molar-refractivity contribution in [3.8, 4) is 5.88 Å². The van der Waals surface area contributed by atoms with E-state index in [1.165, 1.54) is 6.92 Å². The number of rotatable bonds is 1. The average Bonchev–Trinajstić information content (AvgIpc) is 2.04. The van der Waals surface area contributed by atoms with Gasteiger partial charge in [0.25, 0.3) is 5.88 Å². The molecule has 3 nitrogen and oxygen atoms in total. The Kier molecular flexibility index (Phi) is 2.50. The Labute approximate surface area is 76.5 Å². The molecule has 0 aromatic carbocycles. The van der Waals surface area contributed by atoms with Gasteiger partial charge in [0.15, 0.2) is 0 Å². The summed E-state index contributed by atoms with van der Waals surface area (Å²) in [4.78, 5) is 3.13. The van der Waals surface area contributed by atoms with Crippen LogP contribution in [0.25, 0.3) is 0 Å². The predicted octanol–water partition coefficient (Wildman–Crippen LogP) is 2.01. The third-order valence-electron chi connectivity index (χ3n) is 1.44. The van der Waals surface area contributed by atoms with Gasteiger partial charge in [0.1, 0.15) is 0 Å². The third-order valence-corrected chi connectivity index (χ3v) is 1.44. The van der Waals surface area contributed by atoms with Crippen molar-refractivity contribution < 1.29 is 22.3 Å². The Hall–Kier alpha value is -1.53. The molecule has 0 spiro atoms. The standard InChI is InChI=1S/C7H6F4N2O/c1-3-2-13-6(4(8)5(3)12)14-7(9,10)11/h2H,1H3,(H2,12,13). The van der Waals surface area contributed by atoms with E-state index in [1.807, 2.05) is 0 Å². The fraction of sp³-hybridized carbons (Fsp3) is 0.286. The van der Waals surface area contributed by atoms with Crippen molar-refractivity contribution in [2.24, 2.45) is 0 Å². The normalized spacial score (nSPS) is 11.5. The van der Waals surface area contributed by atoms with Gasteiger partial charge in [0.05, 0.1) is 5.69 Å². The summed E-state index contributed by atoms with van der Waals surface area (Å²) in [5, 5.41) is 0. The topological polar surface area (TPSA) is 48.1 Å². The molecule has 0 atom stereocenters. The molecule has 0 saturated carbocycles. The van der Waals surface area contributed by atoms with Gasteiger partial charge in [-0.1, -0.05) is 0 Å². The Balaban J connectivity index is 3.06. The van der Waals surface area contributed by atoms with E-state index in [0.29, 0.717) is 0 Å². The number of anilines is 1. The zero-order valence-corrected chi connectivity index (χ0v) is 7.02. The van der Waals surface area contributed by atoms with E-state index in [-0.39, 0.29) is 5.56 Å². The van der Waals surface area contributed by atoms with Gasteiger partial charge in [0.2, 0.25) is 5.82 Å². The quantitative estimate of drug-likeness (QED) is 0.721. The number of halogens is 4. The number of nitrogens with zero attached hydrogens (tertiary/aromatic N) is 1. The van der Waals surface area contributed by atoms with E-state index in [4.69, 9.17) is 5.73 Å². The molecule has 1 rings (SSSR count). The Morgan fingerprint density at radius 1 is 1.43 bits per heavy atom. The number of nitrogen functional groups attached to an aromatic ring is 1. The minimum atomic E-state index is -4.98. The van der Waals surface area contributed by atoms with E-state index in [1.54, 1.807) is 0 Å². The zero-order valence-electron chi connectivity index (χ0n) is 7.02. The van der Waals surface area contributed by atoms with Crippen LogP contribution in [0, 0.1) is 12.7 Å². The molecular weight excluding hydrogens is 204 g/mol. The molecule has 1 heterocycles. The second kappa shape index (κ2) is 3.32. The summed E-state index contributed by atoms with van der Waals surface area (Å²) in [5.41, 5.74) is 4.98.